The highest BCUT2D eigenvalue weighted by molar-refractivity contribution is 7.90. The van der Waals surface area contributed by atoms with E-state index in [0.717, 1.165) is 6.26 Å². The Balaban J connectivity index is 2.37. The van der Waals surface area contributed by atoms with Crippen molar-refractivity contribution in [2.24, 2.45) is 11.1 Å². The zero-order chi connectivity index (χ0) is 18.4. The maximum Gasteiger partial charge on any atom is 0.222 e. The highest BCUT2D eigenvalue weighted by Crippen LogP contribution is 2.17. The van der Waals surface area contributed by atoms with Gasteiger partial charge in [-0.2, -0.15) is 0 Å². The van der Waals surface area contributed by atoms with Crippen LogP contribution >= 0.6 is 0 Å². The molecular formula is C17H28N2O4S. The average Bonchev–Trinajstić information content (AvgIpc) is 2.50. The standard InChI is InChI=1S/C17H28N2O4S/c1-17(2,12-18)13-19(3)16(20)6-5-11-23-14-7-9-15(10-8-14)24(4,21)22/h7-10H,5-6,11-13,18H2,1-4H3. The van der Waals surface area contributed by atoms with Crippen LogP contribution in [0.15, 0.2) is 29.2 Å². The first-order chi connectivity index (χ1) is 11.0. The number of carbonyl (C=O) groups is 1. The van der Waals surface area contributed by atoms with Crippen LogP contribution in [0.3, 0.4) is 0 Å². The molecule has 0 unspecified atom stereocenters. The van der Waals surface area contributed by atoms with Crippen LogP contribution in [-0.4, -0.2) is 52.2 Å². The molecule has 0 spiro atoms. The number of nitrogens with zero attached hydrogens (tertiary/aromatic N) is 1. The molecule has 0 fully saturated rings. The van der Waals surface area contributed by atoms with Gasteiger partial charge >= 0.3 is 0 Å². The van der Waals surface area contributed by atoms with Gasteiger partial charge in [0, 0.05) is 26.3 Å². The number of carbonyl (C=O) groups excluding carboxylic acids is 1. The number of sulfone groups is 1. The van der Waals surface area contributed by atoms with Gasteiger partial charge in [0.05, 0.1) is 11.5 Å². The molecule has 1 rings (SSSR count). The summed E-state index contributed by atoms with van der Waals surface area (Å²) in [5.74, 6) is 0.653. The Morgan fingerprint density at radius 1 is 1.25 bits per heavy atom. The van der Waals surface area contributed by atoms with E-state index in [1.165, 1.54) is 12.1 Å². The van der Waals surface area contributed by atoms with Crippen LogP contribution in [0.4, 0.5) is 0 Å². The van der Waals surface area contributed by atoms with Crippen LogP contribution in [0.5, 0.6) is 5.75 Å². The predicted octanol–water partition coefficient (Wildman–Crippen LogP) is 1.69. The highest BCUT2D eigenvalue weighted by Gasteiger charge is 2.20. The second-order valence-corrected chi connectivity index (χ2v) is 8.83. The number of ether oxygens (including phenoxy) is 1. The third-order valence-corrected chi connectivity index (χ3v) is 4.83. The summed E-state index contributed by atoms with van der Waals surface area (Å²) in [7, 11) is -1.42. The fourth-order valence-electron chi connectivity index (χ4n) is 2.18. The zero-order valence-electron chi connectivity index (χ0n) is 14.9. The first-order valence-corrected chi connectivity index (χ1v) is 9.81. The smallest absolute Gasteiger partial charge is 0.222 e. The quantitative estimate of drug-likeness (QED) is 0.680. The molecule has 0 aliphatic carbocycles. The maximum absolute atomic E-state index is 12.1. The molecule has 2 N–H and O–H groups in total. The summed E-state index contributed by atoms with van der Waals surface area (Å²) in [6, 6.07) is 6.26. The van der Waals surface area contributed by atoms with Crippen LogP contribution in [0.25, 0.3) is 0 Å². The third-order valence-electron chi connectivity index (χ3n) is 3.70. The van der Waals surface area contributed by atoms with E-state index in [4.69, 9.17) is 10.5 Å². The fraction of sp³-hybridized carbons (Fsp3) is 0.588. The van der Waals surface area contributed by atoms with Crippen LogP contribution < -0.4 is 10.5 Å². The van der Waals surface area contributed by atoms with Gasteiger partial charge in [-0.1, -0.05) is 13.8 Å². The van der Waals surface area contributed by atoms with E-state index in [0.29, 0.717) is 38.3 Å². The van der Waals surface area contributed by atoms with Crippen LogP contribution in [0.1, 0.15) is 26.7 Å². The number of rotatable bonds is 9. The van der Waals surface area contributed by atoms with Crippen LogP contribution in [0.2, 0.25) is 0 Å². The minimum atomic E-state index is -3.20. The Hall–Kier alpha value is -1.60. The Kier molecular flexibility index (Phi) is 7.23. The molecule has 0 aliphatic rings. The number of hydrogen-bond acceptors (Lipinski definition) is 5. The SMILES string of the molecule is CN(CC(C)(C)CN)C(=O)CCCOc1ccc(S(C)(=O)=O)cc1. The summed E-state index contributed by atoms with van der Waals surface area (Å²) >= 11 is 0. The predicted molar refractivity (Wildman–Crippen MR) is 94.8 cm³/mol. The molecule has 1 amide bonds. The van der Waals surface area contributed by atoms with E-state index in [1.54, 1.807) is 24.1 Å². The van der Waals surface area contributed by atoms with Gasteiger partial charge in [-0.05, 0) is 42.6 Å². The lowest BCUT2D eigenvalue weighted by molar-refractivity contribution is -0.131. The third kappa shape index (κ3) is 6.88. The minimum Gasteiger partial charge on any atom is -0.494 e. The molecule has 24 heavy (non-hydrogen) atoms. The number of amides is 1. The van der Waals surface area contributed by atoms with Crippen molar-refractivity contribution < 1.29 is 17.9 Å². The topological polar surface area (TPSA) is 89.7 Å². The lowest BCUT2D eigenvalue weighted by Gasteiger charge is -2.29. The minimum absolute atomic E-state index is 0.0625. The van der Waals surface area contributed by atoms with Gasteiger partial charge in [0.2, 0.25) is 5.91 Å². The summed E-state index contributed by atoms with van der Waals surface area (Å²) in [6.45, 7) is 5.60. The first kappa shape index (κ1) is 20.4. The van der Waals surface area contributed by atoms with Crippen molar-refractivity contribution in [2.75, 3.05) is 33.0 Å². The average molecular weight is 356 g/mol. The molecule has 1 aromatic carbocycles. The molecule has 0 heterocycles. The van der Waals surface area contributed by atoms with Gasteiger partial charge in [-0.15, -0.1) is 0 Å². The summed E-state index contributed by atoms with van der Waals surface area (Å²) < 4.78 is 28.3. The second kappa shape index (κ2) is 8.48. The van der Waals surface area contributed by atoms with E-state index in [-0.39, 0.29) is 16.2 Å². The molecule has 0 aromatic heterocycles. The molecule has 0 bridgehead atoms. The van der Waals surface area contributed by atoms with Crippen molar-refractivity contribution >= 4 is 15.7 Å². The molecule has 6 nitrogen and oxygen atoms in total. The number of hydrogen-bond donors (Lipinski definition) is 1. The van der Waals surface area contributed by atoms with Crippen molar-refractivity contribution in [2.45, 2.75) is 31.6 Å². The van der Waals surface area contributed by atoms with Gasteiger partial charge in [-0.3, -0.25) is 4.79 Å². The number of benzene rings is 1. The molecule has 0 radical (unpaired) electrons. The summed E-state index contributed by atoms with van der Waals surface area (Å²) in [5, 5.41) is 0. The maximum atomic E-state index is 12.1. The summed E-state index contributed by atoms with van der Waals surface area (Å²) in [6.07, 6.45) is 2.16. The summed E-state index contributed by atoms with van der Waals surface area (Å²) in [5.41, 5.74) is 5.59. The van der Waals surface area contributed by atoms with E-state index in [2.05, 4.69) is 0 Å². The van der Waals surface area contributed by atoms with Crippen molar-refractivity contribution in [1.82, 2.24) is 4.90 Å². The molecule has 1 aromatic rings. The van der Waals surface area contributed by atoms with Crippen molar-refractivity contribution in [1.29, 1.82) is 0 Å². The van der Waals surface area contributed by atoms with E-state index < -0.39 is 9.84 Å². The Morgan fingerprint density at radius 3 is 2.33 bits per heavy atom. The van der Waals surface area contributed by atoms with Crippen molar-refractivity contribution in [3.63, 3.8) is 0 Å². The molecule has 136 valence electrons. The Bertz CT molecular complexity index is 639. The zero-order valence-corrected chi connectivity index (χ0v) is 15.7. The Morgan fingerprint density at radius 2 is 1.83 bits per heavy atom. The van der Waals surface area contributed by atoms with E-state index in [9.17, 15) is 13.2 Å². The number of nitrogens with two attached hydrogens (primary N) is 1. The molecule has 7 heteroatoms. The molecular weight excluding hydrogens is 328 g/mol. The second-order valence-electron chi connectivity index (χ2n) is 6.81. The van der Waals surface area contributed by atoms with Crippen LogP contribution in [0, 0.1) is 5.41 Å². The lowest BCUT2D eigenvalue weighted by atomic mass is 9.93. The lowest BCUT2D eigenvalue weighted by Crippen LogP contribution is -2.39. The molecule has 0 saturated heterocycles. The van der Waals surface area contributed by atoms with E-state index in [1.807, 2.05) is 13.8 Å². The fourth-order valence-corrected chi connectivity index (χ4v) is 2.81. The van der Waals surface area contributed by atoms with Gasteiger partial charge in [0.25, 0.3) is 0 Å². The molecule has 0 atom stereocenters. The van der Waals surface area contributed by atoms with Gasteiger partial charge in [-0.25, -0.2) is 8.42 Å². The highest BCUT2D eigenvalue weighted by atomic mass is 32.2. The summed E-state index contributed by atoms with van der Waals surface area (Å²) in [4.78, 5) is 14.0. The molecule has 0 aliphatic heterocycles. The molecule has 0 saturated carbocycles. The van der Waals surface area contributed by atoms with Gasteiger partial charge in [0.15, 0.2) is 9.84 Å². The van der Waals surface area contributed by atoms with Crippen molar-refractivity contribution in [3.05, 3.63) is 24.3 Å². The van der Waals surface area contributed by atoms with Gasteiger partial charge < -0.3 is 15.4 Å². The first-order valence-electron chi connectivity index (χ1n) is 7.92. The van der Waals surface area contributed by atoms with Crippen molar-refractivity contribution in [3.8, 4) is 5.75 Å². The van der Waals surface area contributed by atoms with E-state index >= 15 is 0 Å². The van der Waals surface area contributed by atoms with Gasteiger partial charge in [0.1, 0.15) is 5.75 Å². The largest absolute Gasteiger partial charge is 0.494 e. The van der Waals surface area contributed by atoms with Crippen LogP contribution in [-0.2, 0) is 14.6 Å². The normalized spacial score (nSPS) is 12.0. The Labute approximate surface area is 144 Å². The monoisotopic (exact) mass is 356 g/mol.